The van der Waals surface area contributed by atoms with Gasteiger partial charge in [0.25, 0.3) is 0 Å². The highest BCUT2D eigenvalue weighted by Crippen LogP contribution is 2.24. The number of carbonyl (C=O) groups excluding carboxylic acids is 1. The van der Waals surface area contributed by atoms with Crippen molar-refractivity contribution in [1.82, 2.24) is 4.90 Å². The Morgan fingerprint density at radius 1 is 1.41 bits per heavy atom. The van der Waals surface area contributed by atoms with E-state index in [2.05, 4.69) is 0 Å². The van der Waals surface area contributed by atoms with Crippen molar-refractivity contribution in [2.45, 2.75) is 25.8 Å². The van der Waals surface area contributed by atoms with Gasteiger partial charge in [-0.1, -0.05) is 6.92 Å². The first-order valence-electron chi connectivity index (χ1n) is 6.11. The van der Waals surface area contributed by atoms with E-state index in [9.17, 15) is 13.2 Å². The molecule has 98 valence electrons. The van der Waals surface area contributed by atoms with Crippen LogP contribution in [0.25, 0.3) is 0 Å². The summed E-state index contributed by atoms with van der Waals surface area (Å²) in [7, 11) is -2.88. The zero-order valence-electron chi connectivity index (χ0n) is 10.1. The Bertz CT molecular complexity index is 397. The van der Waals surface area contributed by atoms with Crippen molar-refractivity contribution in [1.29, 1.82) is 0 Å². The molecule has 2 N–H and O–H groups in total. The quantitative estimate of drug-likeness (QED) is 0.733. The molecular weight excluding hydrogens is 240 g/mol. The molecule has 1 amide bonds. The lowest BCUT2D eigenvalue weighted by Gasteiger charge is -2.17. The number of amides is 1. The van der Waals surface area contributed by atoms with Crippen molar-refractivity contribution < 1.29 is 13.2 Å². The fourth-order valence-corrected chi connectivity index (χ4v) is 4.47. The van der Waals surface area contributed by atoms with E-state index in [0.717, 1.165) is 0 Å². The van der Waals surface area contributed by atoms with Gasteiger partial charge < -0.3 is 10.6 Å². The summed E-state index contributed by atoms with van der Waals surface area (Å²) in [6, 6.07) is 0.0614. The van der Waals surface area contributed by atoms with Gasteiger partial charge in [-0.2, -0.15) is 0 Å². The van der Waals surface area contributed by atoms with Gasteiger partial charge >= 0.3 is 0 Å². The first-order chi connectivity index (χ1) is 7.87. The number of nitrogens with zero attached hydrogens (tertiary/aromatic N) is 1. The largest absolute Gasteiger partial charge is 0.341 e. The molecule has 0 aromatic carbocycles. The van der Waals surface area contributed by atoms with E-state index >= 15 is 0 Å². The summed E-state index contributed by atoms with van der Waals surface area (Å²) >= 11 is 0. The number of hydrogen-bond acceptors (Lipinski definition) is 4. The van der Waals surface area contributed by atoms with Gasteiger partial charge in [0, 0.05) is 25.6 Å². The Morgan fingerprint density at radius 3 is 2.59 bits per heavy atom. The molecule has 3 unspecified atom stereocenters. The fourth-order valence-electron chi connectivity index (χ4n) is 2.60. The second-order valence-corrected chi connectivity index (χ2v) is 7.64. The molecule has 2 aliphatic heterocycles. The van der Waals surface area contributed by atoms with E-state index in [4.69, 9.17) is 5.73 Å². The molecule has 2 heterocycles. The molecule has 6 heteroatoms. The van der Waals surface area contributed by atoms with E-state index in [-0.39, 0.29) is 29.4 Å². The van der Waals surface area contributed by atoms with Crippen LogP contribution in [0.5, 0.6) is 0 Å². The van der Waals surface area contributed by atoms with Crippen molar-refractivity contribution in [3.63, 3.8) is 0 Å². The van der Waals surface area contributed by atoms with Crippen LogP contribution in [0.4, 0.5) is 0 Å². The van der Waals surface area contributed by atoms with Crippen LogP contribution in [0.1, 0.15) is 19.8 Å². The van der Waals surface area contributed by atoms with Crippen molar-refractivity contribution in [3.05, 3.63) is 0 Å². The molecule has 0 aliphatic carbocycles. The van der Waals surface area contributed by atoms with Gasteiger partial charge in [-0.3, -0.25) is 4.79 Å². The summed E-state index contributed by atoms with van der Waals surface area (Å²) in [5.74, 6) is 0.826. The third-order valence-electron chi connectivity index (χ3n) is 3.81. The van der Waals surface area contributed by atoms with Gasteiger partial charge in [-0.25, -0.2) is 8.42 Å². The molecule has 0 saturated carbocycles. The Labute approximate surface area is 102 Å². The molecule has 17 heavy (non-hydrogen) atoms. The van der Waals surface area contributed by atoms with Gasteiger partial charge in [0.1, 0.15) is 0 Å². The van der Waals surface area contributed by atoms with Gasteiger partial charge in [-0.05, 0) is 18.3 Å². The van der Waals surface area contributed by atoms with Crippen LogP contribution in [0.3, 0.4) is 0 Å². The number of carbonyl (C=O) groups is 1. The normalized spacial score (nSPS) is 36.4. The molecule has 2 rings (SSSR count). The summed E-state index contributed by atoms with van der Waals surface area (Å²) in [6.07, 6.45) is 0.988. The van der Waals surface area contributed by atoms with Gasteiger partial charge in [-0.15, -0.1) is 0 Å². The van der Waals surface area contributed by atoms with Crippen LogP contribution in [-0.4, -0.2) is 49.9 Å². The standard InChI is InChI=1S/C11H20N2O3S/c1-8-5-13(6-10(8)12)11(14)4-9-2-3-17(15,16)7-9/h8-10H,2-7,12H2,1H3. The third-order valence-corrected chi connectivity index (χ3v) is 5.65. The predicted octanol–water partition coefficient (Wildman–Crippen LogP) is -0.383. The molecule has 0 bridgehead atoms. The van der Waals surface area contributed by atoms with Crippen LogP contribution in [0.15, 0.2) is 0 Å². The summed E-state index contributed by atoms with van der Waals surface area (Å²) in [4.78, 5) is 13.8. The number of sulfone groups is 1. The monoisotopic (exact) mass is 260 g/mol. The molecular formula is C11H20N2O3S. The second kappa shape index (κ2) is 4.57. The Kier molecular flexibility index (Phi) is 3.45. The van der Waals surface area contributed by atoms with Crippen LogP contribution < -0.4 is 5.73 Å². The zero-order valence-corrected chi connectivity index (χ0v) is 10.9. The minimum Gasteiger partial charge on any atom is -0.341 e. The number of likely N-dealkylation sites (tertiary alicyclic amines) is 1. The zero-order chi connectivity index (χ0) is 12.6. The van der Waals surface area contributed by atoms with Crippen LogP contribution in [0, 0.1) is 11.8 Å². The third kappa shape index (κ3) is 2.98. The molecule has 2 aliphatic rings. The van der Waals surface area contributed by atoms with Gasteiger partial charge in [0.15, 0.2) is 9.84 Å². The lowest BCUT2D eigenvalue weighted by molar-refractivity contribution is -0.131. The molecule has 0 spiro atoms. The molecule has 0 aromatic heterocycles. The Hall–Kier alpha value is -0.620. The summed E-state index contributed by atoms with van der Waals surface area (Å²) in [5, 5.41) is 0. The maximum atomic E-state index is 12.0. The number of rotatable bonds is 2. The summed E-state index contributed by atoms with van der Waals surface area (Å²) in [5.41, 5.74) is 5.87. The predicted molar refractivity (Wildman–Crippen MR) is 65.1 cm³/mol. The van der Waals surface area contributed by atoms with Gasteiger partial charge in [0.2, 0.25) is 5.91 Å². The first-order valence-corrected chi connectivity index (χ1v) is 7.93. The molecule has 2 fully saturated rings. The van der Waals surface area contributed by atoms with E-state index in [1.54, 1.807) is 4.90 Å². The maximum absolute atomic E-state index is 12.0. The number of nitrogens with two attached hydrogens (primary N) is 1. The SMILES string of the molecule is CC1CN(C(=O)CC2CCS(=O)(=O)C2)CC1N. The highest BCUT2D eigenvalue weighted by atomic mass is 32.2. The minimum absolute atomic E-state index is 0.0135. The molecule has 0 radical (unpaired) electrons. The smallest absolute Gasteiger partial charge is 0.222 e. The van der Waals surface area contributed by atoms with Crippen molar-refractivity contribution in [2.24, 2.45) is 17.6 Å². The summed E-state index contributed by atoms with van der Waals surface area (Å²) < 4.78 is 22.6. The lowest BCUT2D eigenvalue weighted by atomic mass is 10.0. The molecule has 2 saturated heterocycles. The first kappa shape index (κ1) is 12.8. The Morgan fingerprint density at radius 2 is 2.12 bits per heavy atom. The Balaban J connectivity index is 1.86. The highest BCUT2D eigenvalue weighted by Gasteiger charge is 2.34. The number of hydrogen-bond donors (Lipinski definition) is 1. The average Bonchev–Trinajstić information content (AvgIpc) is 2.71. The van der Waals surface area contributed by atoms with Gasteiger partial charge in [0.05, 0.1) is 11.5 Å². The topological polar surface area (TPSA) is 80.5 Å². The van der Waals surface area contributed by atoms with E-state index in [0.29, 0.717) is 31.8 Å². The van der Waals surface area contributed by atoms with E-state index in [1.165, 1.54) is 0 Å². The fraction of sp³-hybridized carbons (Fsp3) is 0.909. The average molecular weight is 260 g/mol. The molecule has 5 nitrogen and oxygen atoms in total. The molecule has 0 aromatic rings. The van der Waals surface area contributed by atoms with E-state index < -0.39 is 9.84 Å². The van der Waals surface area contributed by atoms with E-state index in [1.807, 2.05) is 6.92 Å². The summed E-state index contributed by atoms with van der Waals surface area (Å²) in [6.45, 7) is 3.36. The lowest BCUT2D eigenvalue weighted by Crippen LogP contribution is -2.33. The van der Waals surface area contributed by atoms with Crippen molar-refractivity contribution in [2.75, 3.05) is 24.6 Å². The van der Waals surface area contributed by atoms with Crippen LogP contribution >= 0.6 is 0 Å². The van der Waals surface area contributed by atoms with Crippen molar-refractivity contribution >= 4 is 15.7 Å². The maximum Gasteiger partial charge on any atom is 0.222 e. The van der Waals surface area contributed by atoms with Crippen molar-refractivity contribution in [3.8, 4) is 0 Å². The van der Waals surface area contributed by atoms with Crippen LogP contribution in [-0.2, 0) is 14.6 Å². The molecule has 3 atom stereocenters. The van der Waals surface area contributed by atoms with Crippen LogP contribution in [0.2, 0.25) is 0 Å². The second-order valence-electron chi connectivity index (χ2n) is 5.41. The minimum atomic E-state index is -2.88. The highest BCUT2D eigenvalue weighted by molar-refractivity contribution is 7.91.